The summed E-state index contributed by atoms with van der Waals surface area (Å²) in [4.78, 5) is 23.0. The number of hydrogen-bond donors (Lipinski definition) is 0. The smallest absolute Gasteiger partial charge is 0.181 e. The molecule has 0 saturated heterocycles. The summed E-state index contributed by atoms with van der Waals surface area (Å²) >= 11 is 0. The highest BCUT2D eigenvalue weighted by atomic mass is 16.1. The van der Waals surface area contributed by atoms with Gasteiger partial charge in [-0.25, -0.2) is 0 Å². The molecule has 0 fully saturated rings. The number of rotatable bonds is 0. The topological polar surface area (TPSA) is 39.1 Å². The molecule has 3 heteroatoms. The van der Waals surface area contributed by atoms with Gasteiger partial charge in [0.25, 0.3) is 0 Å². The number of aromatic nitrogens is 1. The molecule has 3 nitrogen and oxygen atoms in total. The minimum atomic E-state index is 0.187. The van der Waals surface area contributed by atoms with Crippen molar-refractivity contribution in [3.8, 4) is 0 Å². The number of fused-ring (bicyclic) bond motifs is 3. The van der Waals surface area contributed by atoms with Crippen LogP contribution in [0.1, 0.15) is 45.8 Å². The molecule has 1 aliphatic carbocycles. The Kier molecular flexibility index (Phi) is 1.46. The zero-order valence-electron chi connectivity index (χ0n) is 7.88. The zero-order valence-corrected chi connectivity index (χ0v) is 7.88. The summed E-state index contributed by atoms with van der Waals surface area (Å²) < 4.78 is 2.04. The molecule has 2 heterocycles. The van der Waals surface area contributed by atoms with Gasteiger partial charge in [0.05, 0.1) is 5.69 Å². The summed E-state index contributed by atoms with van der Waals surface area (Å²) in [6.45, 7) is 0.775. The predicted molar refractivity (Wildman–Crippen MR) is 50.6 cm³/mol. The van der Waals surface area contributed by atoms with Crippen molar-refractivity contribution in [2.45, 2.75) is 32.2 Å². The van der Waals surface area contributed by atoms with E-state index in [0.717, 1.165) is 36.3 Å². The number of carbonyl (C=O) groups excluding carboxylic acids is 2. The highest BCUT2D eigenvalue weighted by Gasteiger charge is 2.29. The third kappa shape index (κ3) is 0.870. The Labute approximate surface area is 81.7 Å². The highest BCUT2D eigenvalue weighted by molar-refractivity contribution is 6.03. The maximum atomic E-state index is 11.6. The zero-order chi connectivity index (χ0) is 9.71. The number of hydrogen-bond acceptors (Lipinski definition) is 2. The van der Waals surface area contributed by atoms with E-state index in [9.17, 15) is 9.59 Å². The molecule has 0 unspecified atom stereocenters. The minimum Gasteiger partial charge on any atom is -0.341 e. The molecular formula is C11H11NO2. The van der Waals surface area contributed by atoms with E-state index in [1.807, 2.05) is 4.57 Å². The fourth-order valence-electron chi connectivity index (χ4n) is 2.48. The second-order valence-electron chi connectivity index (χ2n) is 3.99. The first-order chi connectivity index (χ1) is 6.77. The Morgan fingerprint density at radius 3 is 2.79 bits per heavy atom. The van der Waals surface area contributed by atoms with Gasteiger partial charge in [-0.05, 0) is 18.9 Å². The van der Waals surface area contributed by atoms with Gasteiger partial charge in [0.2, 0.25) is 0 Å². The van der Waals surface area contributed by atoms with Crippen molar-refractivity contribution in [1.82, 2.24) is 4.57 Å². The Hall–Kier alpha value is -1.38. The van der Waals surface area contributed by atoms with Crippen molar-refractivity contribution >= 4 is 11.6 Å². The van der Waals surface area contributed by atoms with Crippen LogP contribution >= 0.6 is 0 Å². The molecule has 1 aromatic heterocycles. The summed E-state index contributed by atoms with van der Waals surface area (Å²) in [5.74, 6) is 0.396. The quantitative estimate of drug-likeness (QED) is 0.621. The molecule has 0 amide bonds. The van der Waals surface area contributed by atoms with E-state index in [0.29, 0.717) is 12.8 Å². The van der Waals surface area contributed by atoms with Crippen LogP contribution in [0.5, 0.6) is 0 Å². The van der Waals surface area contributed by atoms with Gasteiger partial charge in [0, 0.05) is 30.6 Å². The molecular weight excluding hydrogens is 178 g/mol. The largest absolute Gasteiger partial charge is 0.341 e. The lowest BCUT2D eigenvalue weighted by molar-refractivity contribution is 0.0971. The Balaban J connectivity index is 2.23. The van der Waals surface area contributed by atoms with Crippen molar-refractivity contribution in [3.63, 3.8) is 0 Å². The summed E-state index contributed by atoms with van der Waals surface area (Å²) in [6.07, 6.45) is 3.14. The lowest BCUT2D eigenvalue weighted by Gasteiger charge is -2.12. The number of ketones is 2. The van der Waals surface area contributed by atoms with Gasteiger partial charge in [-0.2, -0.15) is 0 Å². The summed E-state index contributed by atoms with van der Waals surface area (Å²) in [5.41, 5.74) is 2.66. The van der Waals surface area contributed by atoms with E-state index in [-0.39, 0.29) is 11.6 Å². The molecule has 3 rings (SSSR count). The Morgan fingerprint density at radius 2 is 1.93 bits per heavy atom. The van der Waals surface area contributed by atoms with Crippen molar-refractivity contribution in [1.29, 1.82) is 0 Å². The monoisotopic (exact) mass is 189 g/mol. The fraction of sp³-hybridized carbons (Fsp3) is 0.455. The van der Waals surface area contributed by atoms with Crippen molar-refractivity contribution in [2.75, 3.05) is 0 Å². The van der Waals surface area contributed by atoms with Crippen molar-refractivity contribution in [3.05, 3.63) is 23.0 Å². The number of nitrogens with zero attached hydrogens (tertiary/aromatic N) is 1. The van der Waals surface area contributed by atoms with Gasteiger partial charge >= 0.3 is 0 Å². The standard InChI is InChI=1S/C11H11NO2/c13-10-3-1-2-8-7(10)6-9-11(14)4-5-12(8)9/h6H,1-5H2. The van der Waals surface area contributed by atoms with Crippen molar-refractivity contribution < 1.29 is 9.59 Å². The number of carbonyl (C=O) groups is 2. The van der Waals surface area contributed by atoms with Crippen LogP contribution in [0.4, 0.5) is 0 Å². The van der Waals surface area contributed by atoms with Gasteiger partial charge in [0.1, 0.15) is 0 Å². The third-order valence-electron chi connectivity index (χ3n) is 3.17. The lowest BCUT2D eigenvalue weighted by atomic mass is 9.96. The predicted octanol–water partition coefficient (Wildman–Crippen LogP) is 1.59. The van der Waals surface area contributed by atoms with E-state index >= 15 is 0 Å². The Morgan fingerprint density at radius 1 is 1.07 bits per heavy atom. The molecule has 2 aliphatic rings. The number of Topliss-reactive ketones (excluding diaryl/α,β-unsaturated/α-hetero) is 2. The van der Waals surface area contributed by atoms with Gasteiger partial charge in [-0.15, -0.1) is 0 Å². The summed E-state index contributed by atoms with van der Waals surface area (Å²) in [6, 6.07) is 1.80. The molecule has 0 spiro atoms. The first-order valence-corrected chi connectivity index (χ1v) is 5.06. The summed E-state index contributed by atoms with van der Waals surface area (Å²) in [7, 11) is 0. The normalized spacial score (nSPS) is 19.7. The van der Waals surface area contributed by atoms with Gasteiger partial charge in [-0.1, -0.05) is 0 Å². The van der Waals surface area contributed by atoms with Gasteiger partial charge in [-0.3, -0.25) is 9.59 Å². The molecule has 0 bridgehead atoms. The van der Waals surface area contributed by atoms with E-state index in [2.05, 4.69) is 0 Å². The molecule has 0 N–H and O–H groups in total. The Bertz CT molecular complexity index is 442. The highest BCUT2D eigenvalue weighted by Crippen LogP contribution is 2.29. The minimum absolute atomic E-state index is 0.187. The van der Waals surface area contributed by atoms with Crippen LogP contribution in [0.25, 0.3) is 0 Å². The molecule has 0 atom stereocenters. The van der Waals surface area contributed by atoms with E-state index in [1.165, 1.54) is 0 Å². The van der Waals surface area contributed by atoms with Crippen LogP contribution in [0, 0.1) is 0 Å². The van der Waals surface area contributed by atoms with Crippen LogP contribution in [-0.2, 0) is 13.0 Å². The second kappa shape index (κ2) is 2.56. The first kappa shape index (κ1) is 7.97. The molecule has 0 radical (unpaired) electrons. The lowest BCUT2D eigenvalue weighted by Crippen LogP contribution is -2.12. The van der Waals surface area contributed by atoms with Crippen LogP contribution in [-0.4, -0.2) is 16.1 Å². The first-order valence-electron chi connectivity index (χ1n) is 5.06. The molecule has 0 aromatic carbocycles. The van der Waals surface area contributed by atoms with E-state index in [1.54, 1.807) is 6.07 Å². The van der Waals surface area contributed by atoms with Crippen molar-refractivity contribution in [2.24, 2.45) is 0 Å². The van der Waals surface area contributed by atoms with Crippen LogP contribution in [0.2, 0.25) is 0 Å². The van der Waals surface area contributed by atoms with Crippen LogP contribution in [0.15, 0.2) is 6.07 Å². The molecule has 72 valence electrons. The fourth-order valence-corrected chi connectivity index (χ4v) is 2.48. The van der Waals surface area contributed by atoms with Gasteiger partial charge in [0.15, 0.2) is 11.6 Å². The van der Waals surface area contributed by atoms with Gasteiger partial charge < -0.3 is 4.57 Å². The van der Waals surface area contributed by atoms with Crippen LogP contribution < -0.4 is 0 Å². The van der Waals surface area contributed by atoms with E-state index in [4.69, 9.17) is 0 Å². The average Bonchev–Trinajstić information content (AvgIpc) is 2.69. The maximum Gasteiger partial charge on any atom is 0.181 e. The van der Waals surface area contributed by atoms with Crippen LogP contribution in [0.3, 0.4) is 0 Å². The molecule has 1 aromatic rings. The third-order valence-corrected chi connectivity index (χ3v) is 3.17. The molecule has 1 aliphatic heterocycles. The maximum absolute atomic E-state index is 11.6. The molecule has 0 saturated carbocycles. The van der Waals surface area contributed by atoms with E-state index < -0.39 is 0 Å². The summed E-state index contributed by atoms with van der Waals surface area (Å²) in [5, 5.41) is 0. The molecule has 14 heavy (non-hydrogen) atoms. The average molecular weight is 189 g/mol. The second-order valence-corrected chi connectivity index (χ2v) is 3.99. The SMILES string of the molecule is O=C1CCCc2c1cc1n2CCC1=O.